The molecule has 0 bridgehead atoms. The minimum absolute atomic E-state index is 0.0123. The number of benzene rings is 1. The highest BCUT2D eigenvalue weighted by Gasteiger charge is 2.25. The lowest BCUT2D eigenvalue weighted by Gasteiger charge is -2.26. The number of carbonyl (C=O) groups is 1. The van der Waals surface area contributed by atoms with Crippen molar-refractivity contribution in [2.24, 2.45) is 0 Å². The molecule has 5 nitrogen and oxygen atoms in total. The summed E-state index contributed by atoms with van der Waals surface area (Å²) in [5.41, 5.74) is 0.562. The second-order valence-corrected chi connectivity index (χ2v) is 9.97. The van der Waals surface area contributed by atoms with E-state index in [2.05, 4.69) is 20.1 Å². The summed E-state index contributed by atoms with van der Waals surface area (Å²) in [6.07, 6.45) is 5.79. The zero-order valence-electron chi connectivity index (χ0n) is 16.5. The molecule has 0 aliphatic heterocycles. The van der Waals surface area contributed by atoms with Crippen molar-refractivity contribution in [2.75, 3.05) is 5.75 Å². The second-order valence-electron chi connectivity index (χ2n) is 8.18. The normalized spacial score (nSPS) is 15.6. The van der Waals surface area contributed by atoms with E-state index in [9.17, 15) is 4.79 Å². The maximum atomic E-state index is 12.3. The van der Waals surface area contributed by atoms with Gasteiger partial charge in [-0.15, -0.1) is 10.2 Å². The third kappa shape index (κ3) is 5.43. The lowest BCUT2D eigenvalue weighted by Crippen LogP contribution is -2.41. The zero-order valence-corrected chi connectivity index (χ0v) is 18.8. The molecule has 0 atom stereocenters. The number of hydrogen-bond acceptors (Lipinski definition) is 4. The van der Waals surface area contributed by atoms with Crippen LogP contribution in [0.1, 0.15) is 58.9 Å². The molecule has 1 amide bonds. The summed E-state index contributed by atoms with van der Waals surface area (Å²) >= 11 is 13.9. The fourth-order valence-electron chi connectivity index (χ4n) is 3.48. The zero-order chi connectivity index (χ0) is 20.3. The van der Waals surface area contributed by atoms with Crippen molar-refractivity contribution in [3.63, 3.8) is 0 Å². The minimum atomic E-state index is -0.253. The van der Waals surface area contributed by atoms with Gasteiger partial charge < -0.3 is 5.32 Å². The Morgan fingerprint density at radius 1 is 1.21 bits per heavy atom. The van der Waals surface area contributed by atoms with Crippen molar-refractivity contribution in [2.45, 2.75) is 69.6 Å². The van der Waals surface area contributed by atoms with Crippen LogP contribution < -0.4 is 5.32 Å². The molecule has 1 aromatic heterocycles. The number of amides is 1. The van der Waals surface area contributed by atoms with Crippen molar-refractivity contribution < 1.29 is 4.79 Å². The van der Waals surface area contributed by atoms with Gasteiger partial charge in [-0.3, -0.25) is 9.36 Å². The van der Waals surface area contributed by atoms with Crippen LogP contribution in [0.15, 0.2) is 23.4 Å². The van der Waals surface area contributed by atoms with Gasteiger partial charge in [0.15, 0.2) is 11.0 Å². The van der Waals surface area contributed by atoms with Gasteiger partial charge in [0, 0.05) is 22.2 Å². The van der Waals surface area contributed by atoms with Crippen molar-refractivity contribution in [1.82, 2.24) is 20.1 Å². The molecular formula is C20H26Cl2N4OS. The molecule has 1 aliphatic rings. The van der Waals surface area contributed by atoms with Gasteiger partial charge in [0.25, 0.3) is 0 Å². The molecule has 1 saturated carbocycles. The standard InChI is InChI=1S/C20H26Cl2N4OS/c1-20(2,3)23-17(27)12-28-19-25-24-18(15-10-9-13(21)11-16(15)22)26(19)14-7-5-4-6-8-14/h9-11,14H,4-8,12H2,1-3H3,(H,23,27). The van der Waals surface area contributed by atoms with E-state index in [0.29, 0.717) is 21.8 Å². The molecule has 1 fully saturated rings. The molecule has 0 unspecified atom stereocenters. The van der Waals surface area contributed by atoms with Gasteiger partial charge in [-0.2, -0.15) is 0 Å². The number of aromatic nitrogens is 3. The SMILES string of the molecule is CC(C)(C)NC(=O)CSc1nnc(-c2ccc(Cl)cc2Cl)n1C1CCCCC1. The number of hydrogen-bond donors (Lipinski definition) is 1. The van der Waals surface area contributed by atoms with Gasteiger partial charge in [0.05, 0.1) is 10.8 Å². The first-order valence-corrected chi connectivity index (χ1v) is 11.3. The Hall–Kier alpha value is -1.24. The van der Waals surface area contributed by atoms with E-state index < -0.39 is 0 Å². The van der Waals surface area contributed by atoms with E-state index in [1.807, 2.05) is 32.9 Å². The molecule has 1 aliphatic carbocycles. The third-order valence-corrected chi connectivity index (χ3v) is 6.11. The van der Waals surface area contributed by atoms with Crippen LogP contribution in [0, 0.1) is 0 Å². The molecule has 0 spiro atoms. The molecular weight excluding hydrogens is 415 g/mol. The Kier molecular flexibility index (Phi) is 6.94. The Labute approximate surface area is 180 Å². The van der Waals surface area contributed by atoms with Gasteiger partial charge in [0.2, 0.25) is 5.91 Å². The molecule has 28 heavy (non-hydrogen) atoms. The molecule has 2 aromatic rings. The van der Waals surface area contributed by atoms with Crippen LogP contribution in [-0.4, -0.2) is 32.0 Å². The van der Waals surface area contributed by atoms with Crippen molar-refractivity contribution >= 4 is 40.9 Å². The molecule has 1 aromatic carbocycles. The fraction of sp³-hybridized carbons (Fsp3) is 0.550. The summed E-state index contributed by atoms with van der Waals surface area (Å²) in [5, 5.41) is 13.7. The number of carbonyl (C=O) groups excluding carboxylic acids is 1. The maximum Gasteiger partial charge on any atom is 0.230 e. The Bertz CT molecular complexity index is 841. The van der Waals surface area contributed by atoms with Crippen molar-refractivity contribution in [3.8, 4) is 11.4 Å². The highest BCUT2D eigenvalue weighted by molar-refractivity contribution is 7.99. The summed E-state index contributed by atoms with van der Waals surface area (Å²) in [7, 11) is 0. The minimum Gasteiger partial charge on any atom is -0.351 e. The molecule has 8 heteroatoms. The van der Waals surface area contributed by atoms with Crippen LogP contribution in [0.4, 0.5) is 0 Å². The predicted octanol–water partition coefficient (Wildman–Crippen LogP) is 5.76. The van der Waals surface area contributed by atoms with Crippen molar-refractivity contribution in [1.29, 1.82) is 0 Å². The van der Waals surface area contributed by atoms with Gasteiger partial charge in [-0.25, -0.2) is 0 Å². The highest BCUT2D eigenvalue weighted by Crippen LogP contribution is 2.38. The Morgan fingerprint density at radius 2 is 1.93 bits per heavy atom. The average Bonchev–Trinajstić information content (AvgIpc) is 3.03. The third-order valence-electron chi connectivity index (χ3n) is 4.62. The van der Waals surface area contributed by atoms with Crippen LogP contribution in [0.5, 0.6) is 0 Å². The number of thioether (sulfide) groups is 1. The first-order chi connectivity index (χ1) is 13.2. The van der Waals surface area contributed by atoms with Gasteiger partial charge in [-0.1, -0.05) is 54.2 Å². The van der Waals surface area contributed by atoms with E-state index in [1.54, 1.807) is 6.07 Å². The predicted molar refractivity (Wildman–Crippen MR) is 116 cm³/mol. The number of nitrogens with one attached hydrogen (secondary N) is 1. The van der Waals surface area contributed by atoms with E-state index in [1.165, 1.54) is 31.0 Å². The van der Waals surface area contributed by atoms with E-state index >= 15 is 0 Å². The number of nitrogens with zero attached hydrogens (tertiary/aromatic N) is 3. The number of rotatable bonds is 5. The van der Waals surface area contributed by atoms with Crippen molar-refractivity contribution in [3.05, 3.63) is 28.2 Å². The molecule has 3 rings (SSSR count). The second kappa shape index (κ2) is 9.06. The first-order valence-electron chi connectivity index (χ1n) is 9.59. The largest absolute Gasteiger partial charge is 0.351 e. The summed E-state index contributed by atoms with van der Waals surface area (Å²) in [4.78, 5) is 12.3. The lowest BCUT2D eigenvalue weighted by molar-refractivity contribution is -0.119. The molecule has 152 valence electrons. The Morgan fingerprint density at radius 3 is 2.57 bits per heavy atom. The van der Waals surface area contributed by atoms with Gasteiger partial charge in [-0.05, 0) is 51.8 Å². The van der Waals surface area contributed by atoms with Crippen LogP contribution in [0.3, 0.4) is 0 Å². The summed E-state index contributed by atoms with van der Waals surface area (Å²) in [6, 6.07) is 5.74. The molecule has 0 radical (unpaired) electrons. The smallest absolute Gasteiger partial charge is 0.230 e. The topological polar surface area (TPSA) is 59.8 Å². The summed E-state index contributed by atoms with van der Waals surface area (Å²) in [5.74, 6) is 1.03. The van der Waals surface area contributed by atoms with Crippen LogP contribution in [0.2, 0.25) is 10.0 Å². The molecule has 1 heterocycles. The highest BCUT2D eigenvalue weighted by atomic mass is 35.5. The quantitative estimate of drug-likeness (QED) is 0.599. The first kappa shape index (κ1) is 21.5. The van der Waals surface area contributed by atoms with E-state index in [0.717, 1.165) is 29.4 Å². The number of halogens is 2. The van der Waals surface area contributed by atoms with Crippen LogP contribution in [0.25, 0.3) is 11.4 Å². The molecule has 1 N–H and O–H groups in total. The van der Waals surface area contributed by atoms with Gasteiger partial charge in [0.1, 0.15) is 0 Å². The van der Waals surface area contributed by atoms with E-state index in [4.69, 9.17) is 23.2 Å². The summed E-state index contributed by atoms with van der Waals surface area (Å²) < 4.78 is 2.17. The maximum absolute atomic E-state index is 12.3. The van der Waals surface area contributed by atoms with Crippen LogP contribution in [-0.2, 0) is 4.79 Å². The van der Waals surface area contributed by atoms with Gasteiger partial charge >= 0.3 is 0 Å². The summed E-state index contributed by atoms with van der Waals surface area (Å²) in [6.45, 7) is 5.92. The van der Waals surface area contributed by atoms with Crippen LogP contribution >= 0.6 is 35.0 Å². The lowest BCUT2D eigenvalue weighted by atomic mass is 9.95. The average molecular weight is 441 g/mol. The monoisotopic (exact) mass is 440 g/mol. The Balaban J connectivity index is 1.90. The fourth-order valence-corrected chi connectivity index (χ4v) is 4.78. The molecule has 0 saturated heterocycles. The van der Waals surface area contributed by atoms with E-state index in [-0.39, 0.29) is 11.4 Å².